The lowest BCUT2D eigenvalue weighted by Crippen LogP contribution is -2.01. The molecule has 24 heavy (non-hydrogen) atoms. The predicted molar refractivity (Wildman–Crippen MR) is 101 cm³/mol. The predicted octanol–water partition coefficient (Wildman–Crippen LogP) is 5.84. The van der Waals surface area contributed by atoms with Gasteiger partial charge in [-0.15, -0.1) is 0 Å². The van der Waals surface area contributed by atoms with Crippen LogP contribution in [0.3, 0.4) is 0 Å². The first kappa shape index (κ1) is 16.4. The van der Waals surface area contributed by atoms with Crippen molar-refractivity contribution in [3.63, 3.8) is 0 Å². The van der Waals surface area contributed by atoms with E-state index in [-0.39, 0.29) is 0 Å². The molecule has 0 radical (unpaired) electrons. The fourth-order valence-corrected chi connectivity index (χ4v) is 2.64. The van der Waals surface area contributed by atoms with Gasteiger partial charge in [0.15, 0.2) is 0 Å². The monoisotopic (exact) mass is 337 g/mol. The molecule has 1 N–H and O–H groups in total. The maximum absolute atomic E-state index is 6.14. The molecule has 0 unspecified atom stereocenters. The fourth-order valence-electron chi connectivity index (χ4n) is 2.45. The molecule has 0 saturated heterocycles. The summed E-state index contributed by atoms with van der Waals surface area (Å²) in [5.41, 5.74) is 4.61. The standard InChI is InChI=1S/C21H20ClNO/c1-16-6-2-5-9-21(16)23-14-17-10-12-19(13-11-17)24-15-18-7-3-4-8-20(18)22/h2-13,23H,14-15H2,1H3. The van der Waals surface area contributed by atoms with Gasteiger partial charge in [0.05, 0.1) is 0 Å². The van der Waals surface area contributed by atoms with Gasteiger partial charge in [0.25, 0.3) is 0 Å². The summed E-state index contributed by atoms with van der Waals surface area (Å²) < 4.78 is 5.80. The number of para-hydroxylation sites is 1. The molecular formula is C21H20ClNO. The van der Waals surface area contributed by atoms with Crippen LogP contribution >= 0.6 is 11.6 Å². The van der Waals surface area contributed by atoms with E-state index in [1.54, 1.807) is 0 Å². The molecule has 0 spiro atoms. The SMILES string of the molecule is Cc1ccccc1NCc1ccc(OCc2ccccc2Cl)cc1. The highest BCUT2D eigenvalue weighted by Crippen LogP contribution is 2.20. The Hall–Kier alpha value is -2.45. The summed E-state index contributed by atoms with van der Waals surface area (Å²) in [5.74, 6) is 0.842. The van der Waals surface area contributed by atoms with Gasteiger partial charge >= 0.3 is 0 Å². The van der Waals surface area contributed by atoms with Crippen LogP contribution in [-0.2, 0) is 13.2 Å². The number of aryl methyl sites for hydroxylation is 1. The third kappa shape index (κ3) is 4.30. The van der Waals surface area contributed by atoms with E-state index >= 15 is 0 Å². The Bertz CT molecular complexity index is 730. The zero-order chi connectivity index (χ0) is 16.8. The summed E-state index contributed by atoms with van der Waals surface area (Å²) in [6, 6.07) is 24.2. The average Bonchev–Trinajstić information content (AvgIpc) is 2.61. The minimum absolute atomic E-state index is 0.473. The van der Waals surface area contributed by atoms with E-state index in [0.29, 0.717) is 6.61 Å². The van der Waals surface area contributed by atoms with Crippen LogP contribution in [0.15, 0.2) is 72.8 Å². The molecule has 0 aromatic heterocycles. The highest BCUT2D eigenvalue weighted by Gasteiger charge is 2.01. The molecule has 0 atom stereocenters. The Morgan fingerprint density at radius 2 is 1.58 bits per heavy atom. The van der Waals surface area contributed by atoms with Crippen LogP contribution in [0, 0.1) is 6.92 Å². The van der Waals surface area contributed by atoms with Gasteiger partial charge < -0.3 is 10.1 Å². The smallest absolute Gasteiger partial charge is 0.119 e. The van der Waals surface area contributed by atoms with Gasteiger partial charge in [-0.25, -0.2) is 0 Å². The number of anilines is 1. The lowest BCUT2D eigenvalue weighted by molar-refractivity contribution is 0.306. The van der Waals surface area contributed by atoms with E-state index in [1.807, 2.05) is 48.5 Å². The van der Waals surface area contributed by atoms with Crippen molar-refractivity contribution in [2.75, 3.05) is 5.32 Å². The summed E-state index contributed by atoms with van der Waals surface area (Å²) in [6.45, 7) is 3.37. The average molecular weight is 338 g/mol. The van der Waals surface area contributed by atoms with Crippen molar-refractivity contribution in [3.05, 3.63) is 94.5 Å². The molecule has 2 nitrogen and oxygen atoms in total. The van der Waals surface area contributed by atoms with E-state index in [2.05, 4.69) is 36.5 Å². The van der Waals surface area contributed by atoms with E-state index in [1.165, 1.54) is 11.1 Å². The van der Waals surface area contributed by atoms with Crippen LogP contribution in [0.25, 0.3) is 0 Å². The van der Waals surface area contributed by atoms with Gasteiger partial charge in [0.2, 0.25) is 0 Å². The number of halogens is 1. The lowest BCUT2D eigenvalue weighted by atomic mass is 10.1. The minimum Gasteiger partial charge on any atom is -0.489 e. The number of benzene rings is 3. The topological polar surface area (TPSA) is 21.3 Å². The molecule has 3 rings (SSSR count). The molecule has 3 aromatic rings. The van der Waals surface area contributed by atoms with Crippen LogP contribution in [0.4, 0.5) is 5.69 Å². The third-order valence-corrected chi connectivity index (χ3v) is 4.27. The molecule has 3 aromatic carbocycles. The summed E-state index contributed by atoms with van der Waals surface area (Å²) >= 11 is 6.14. The summed E-state index contributed by atoms with van der Waals surface area (Å²) in [5, 5.41) is 4.19. The van der Waals surface area contributed by atoms with Crippen molar-refractivity contribution in [2.45, 2.75) is 20.1 Å². The van der Waals surface area contributed by atoms with E-state index in [4.69, 9.17) is 16.3 Å². The van der Waals surface area contributed by atoms with Gasteiger partial charge in [-0.05, 0) is 42.3 Å². The van der Waals surface area contributed by atoms with Gasteiger partial charge in [-0.1, -0.05) is 60.1 Å². The molecule has 0 saturated carbocycles. The maximum Gasteiger partial charge on any atom is 0.119 e. The Kier molecular flexibility index (Phi) is 5.39. The van der Waals surface area contributed by atoms with Crippen molar-refractivity contribution in [2.24, 2.45) is 0 Å². The minimum atomic E-state index is 0.473. The lowest BCUT2D eigenvalue weighted by Gasteiger charge is -2.11. The first-order chi connectivity index (χ1) is 11.7. The van der Waals surface area contributed by atoms with Crippen molar-refractivity contribution in [3.8, 4) is 5.75 Å². The highest BCUT2D eigenvalue weighted by molar-refractivity contribution is 6.31. The second kappa shape index (κ2) is 7.89. The van der Waals surface area contributed by atoms with Crippen LogP contribution < -0.4 is 10.1 Å². The Labute approximate surface area is 148 Å². The number of rotatable bonds is 6. The molecule has 0 amide bonds. The molecule has 0 heterocycles. The fraction of sp³-hybridized carbons (Fsp3) is 0.143. The molecular weight excluding hydrogens is 318 g/mol. The van der Waals surface area contributed by atoms with Crippen molar-refractivity contribution < 1.29 is 4.74 Å². The van der Waals surface area contributed by atoms with E-state index in [0.717, 1.165) is 28.6 Å². The Morgan fingerprint density at radius 3 is 2.33 bits per heavy atom. The van der Waals surface area contributed by atoms with Crippen molar-refractivity contribution in [1.29, 1.82) is 0 Å². The second-order valence-corrected chi connectivity index (χ2v) is 6.10. The zero-order valence-corrected chi connectivity index (χ0v) is 14.4. The summed E-state index contributed by atoms with van der Waals surface area (Å²) in [6.07, 6.45) is 0. The van der Waals surface area contributed by atoms with Crippen LogP contribution in [0.2, 0.25) is 5.02 Å². The number of ether oxygens (including phenoxy) is 1. The highest BCUT2D eigenvalue weighted by atomic mass is 35.5. The molecule has 0 bridgehead atoms. The van der Waals surface area contributed by atoms with Crippen LogP contribution in [-0.4, -0.2) is 0 Å². The van der Waals surface area contributed by atoms with Crippen LogP contribution in [0.5, 0.6) is 5.75 Å². The third-order valence-electron chi connectivity index (χ3n) is 3.90. The first-order valence-corrected chi connectivity index (χ1v) is 8.35. The largest absolute Gasteiger partial charge is 0.489 e. The molecule has 0 aliphatic carbocycles. The Morgan fingerprint density at radius 1 is 0.875 bits per heavy atom. The van der Waals surface area contributed by atoms with E-state index < -0.39 is 0 Å². The first-order valence-electron chi connectivity index (χ1n) is 7.97. The summed E-state index contributed by atoms with van der Waals surface area (Å²) in [4.78, 5) is 0. The van der Waals surface area contributed by atoms with Gasteiger partial charge in [0.1, 0.15) is 12.4 Å². The zero-order valence-electron chi connectivity index (χ0n) is 13.6. The number of hydrogen-bond acceptors (Lipinski definition) is 2. The molecule has 0 aliphatic rings. The molecule has 122 valence electrons. The molecule has 0 aliphatic heterocycles. The summed E-state index contributed by atoms with van der Waals surface area (Å²) in [7, 11) is 0. The normalized spacial score (nSPS) is 10.4. The van der Waals surface area contributed by atoms with E-state index in [9.17, 15) is 0 Å². The van der Waals surface area contributed by atoms with Crippen molar-refractivity contribution in [1.82, 2.24) is 0 Å². The number of nitrogens with one attached hydrogen (secondary N) is 1. The van der Waals surface area contributed by atoms with Gasteiger partial charge in [-0.3, -0.25) is 0 Å². The van der Waals surface area contributed by atoms with Gasteiger partial charge in [0, 0.05) is 22.8 Å². The van der Waals surface area contributed by atoms with Gasteiger partial charge in [-0.2, -0.15) is 0 Å². The second-order valence-electron chi connectivity index (χ2n) is 5.69. The maximum atomic E-state index is 6.14. The van der Waals surface area contributed by atoms with Crippen molar-refractivity contribution >= 4 is 17.3 Å². The quantitative estimate of drug-likeness (QED) is 0.610. The number of hydrogen-bond donors (Lipinski definition) is 1. The Balaban J connectivity index is 1.55. The molecule has 0 fully saturated rings. The van der Waals surface area contributed by atoms with Crippen LogP contribution in [0.1, 0.15) is 16.7 Å². The molecule has 3 heteroatoms.